The standard InChI is InChI=1S/C17H23N3O3.ClH/c1-3-9-19(17(21)15-7-8-18-13(2)10-15)12-14-5-4-6-16(11-14)20(22)23;/h3-6,11,13,15,18H,1,7-10,12H2,2H3;1H/t13-,15-;/m0./s1. The second-order valence-corrected chi connectivity index (χ2v) is 6.01. The van der Waals surface area contributed by atoms with Gasteiger partial charge < -0.3 is 10.2 Å². The highest BCUT2D eigenvalue weighted by atomic mass is 35.5. The van der Waals surface area contributed by atoms with E-state index in [1.807, 2.05) is 0 Å². The van der Waals surface area contributed by atoms with Gasteiger partial charge in [-0.05, 0) is 31.9 Å². The number of piperidine rings is 1. The fourth-order valence-corrected chi connectivity index (χ4v) is 2.99. The number of hydrogen-bond donors (Lipinski definition) is 1. The zero-order valence-corrected chi connectivity index (χ0v) is 14.6. The molecule has 0 unspecified atom stereocenters. The molecule has 1 N–H and O–H groups in total. The van der Waals surface area contributed by atoms with E-state index < -0.39 is 4.92 Å². The van der Waals surface area contributed by atoms with Gasteiger partial charge in [0.25, 0.3) is 5.69 Å². The maximum atomic E-state index is 12.8. The fraction of sp³-hybridized carbons (Fsp3) is 0.471. The molecule has 132 valence electrons. The van der Waals surface area contributed by atoms with Crippen LogP contribution in [0.4, 0.5) is 5.69 Å². The van der Waals surface area contributed by atoms with Crippen LogP contribution in [0, 0.1) is 16.0 Å². The van der Waals surface area contributed by atoms with Crippen LogP contribution in [0.25, 0.3) is 0 Å². The molecule has 7 heteroatoms. The van der Waals surface area contributed by atoms with Crippen LogP contribution in [-0.4, -0.2) is 34.9 Å². The maximum Gasteiger partial charge on any atom is 0.269 e. The fourth-order valence-electron chi connectivity index (χ4n) is 2.99. The van der Waals surface area contributed by atoms with E-state index in [1.54, 1.807) is 23.1 Å². The molecule has 0 bridgehead atoms. The molecule has 0 aliphatic carbocycles. The quantitative estimate of drug-likeness (QED) is 0.484. The van der Waals surface area contributed by atoms with E-state index in [0.717, 1.165) is 24.9 Å². The van der Waals surface area contributed by atoms with E-state index in [4.69, 9.17) is 0 Å². The molecule has 2 atom stereocenters. The predicted molar refractivity (Wildman–Crippen MR) is 96.1 cm³/mol. The summed E-state index contributed by atoms with van der Waals surface area (Å²) in [5.74, 6) is 0.106. The van der Waals surface area contributed by atoms with Crippen LogP contribution in [0.3, 0.4) is 0 Å². The van der Waals surface area contributed by atoms with Gasteiger partial charge >= 0.3 is 0 Å². The van der Waals surface area contributed by atoms with Gasteiger partial charge in [0.15, 0.2) is 0 Å². The summed E-state index contributed by atoms with van der Waals surface area (Å²) in [7, 11) is 0. The SMILES string of the molecule is C=CCN(Cc1cccc([N+](=O)[O-])c1)C(=O)[C@H]1CCN[C@@H](C)C1.Cl. The smallest absolute Gasteiger partial charge is 0.269 e. The highest BCUT2D eigenvalue weighted by Gasteiger charge is 2.28. The van der Waals surface area contributed by atoms with E-state index in [1.165, 1.54) is 12.1 Å². The third-order valence-corrected chi connectivity index (χ3v) is 4.13. The number of benzene rings is 1. The zero-order valence-electron chi connectivity index (χ0n) is 13.8. The van der Waals surface area contributed by atoms with E-state index in [9.17, 15) is 14.9 Å². The summed E-state index contributed by atoms with van der Waals surface area (Å²) in [5.41, 5.74) is 0.806. The predicted octanol–water partition coefficient (Wildman–Crippen LogP) is 2.92. The number of amides is 1. The number of hydrogen-bond acceptors (Lipinski definition) is 4. The molecular weight excluding hydrogens is 330 g/mol. The summed E-state index contributed by atoms with van der Waals surface area (Å²) < 4.78 is 0. The molecule has 1 aromatic rings. The Morgan fingerprint density at radius 1 is 1.54 bits per heavy atom. The molecule has 2 rings (SSSR count). The molecule has 1 fully saturated rings. The average molecular weight is 354 g/mol. The lowest BCUT2D eigenvalue weighted by Gasteiger charge is -2.31. The first-order valence-corrected chi connectivity index (χ1v) is 7.87. The molecule has 0 spiro atoms. The molecule has 1 heterocycles. The molecule has 1 aromatic carbocycles. The summed E-state index contributed by atoms with van der Waals surface area (Å²) in [5, 5.41) is 14.2. The minimum absolute atomic E-state index is 0. The monoisotopic (exact) mass is 353 g/mol. The Hall–Kier alpha value is -1.92. The van der Waals surface area contributed by atoms with Crippen molar-refractivity contribution < 1.29 is 9.72 Å². The number of nitrogens with one attached hydrogen (secondary N) is 1. The van der Waals surface area contributed by atoms with Crippen LogP contribution >= 0.6 is 12.4 Å². The van der Waals surface area contributed by atoms with Crippen molar-refractivity contribution in [3.63, 3.8) is 0 Å². The normalized spacial score (nSPS) is 19.9. The minimum atomic E-state index is -0.419. The number of nitrogens with zero attached hydrogens (tertiary/aromatic N) is 2. The highest BCUT2D eigenvalue weighted by Crippen LogP contribution is 2.21. The Labute approximate surface area is 148 Å². The summed E-state index contributed by atoms with van der Waals surface area (Å²) in [4.78, 5) is 25.0. The number of nitro groups is 1. The third-order valence-electron chi connectivity index (χ3n) is 4.13. The minimum Gasteiger partial charge on any atom is -0.334 e. The molecular formula is C17H24ClN3O3. The van der Waals surface area contributed by atoms with Crippen LogP contribution in [0.5, 0.6) is 0 Å². The van der Waals surface area contributed by atoms with Gasteiger partial charge in [0.1, 0.15) is 0 Å². The number of carbonyl (C=O) groups excluding carboxylic acids is 1. The van der Waals surface area contributed by atoms with Crippen LogP contribution < -0.4 is 5.32 Å². The first-order chi connectivity index (χ1) is 11.0. The van der Waals surface area contributed by atoms with Crippen LogP contribution in [0.2, 0.25) is 0 Å². The lowest BCUT2D eigenvalue weighted by molar-refractivity contribution is -0.384. The van der Waals surface area contributed by atoms with Crippen molar-refractivity contribution in [3.8, 4) is 0 Å². The number of nitro benzene ring substituents is 1. The van der Waals surface area contributed by atoms with Gasteiger partial charge in [-0.15, -0.1) is 19.0 Å². The number of carbonyl (C=O) groups is 1. The highest BCUT2D eigenvalue weighted by molar-refractivity contribution is 5.85. The second-order valence-electron chi connectivity index (χ2n) is 6.01. The van der Waals surface area contributed by atoms with Crippen molar-refractivity contribution in [1.29, 1.82) is 0 Å². The van der Waals surface area contributed by atoms with Gasteiger partial charge in [-0.25, -0.2) is 0 Å². The van der Waals surface area contributed by atoms with Crippen LogP contribution in [-0.2, 0) is 11.3 Å². The van der Waals surface area contributed by atoms with E-state index in [-0.39, 0.29) is 29.9 Å². The van der Waals surface area contributed by atoms with Crippen LogP contribution in [0.15, 0.2) is 36.9 Å². The second kappa shape index (κ2) is 9.39. The van der Waals surface area contributed by atoms with Gasteiger partial charge in [-0.1, -0.05) is 18.2 Å². The van der Waals surface area contributed by atoms with Gasteiger partial charge in [0.05, 0.1) is 4.92 Å². The Balaban J connectivity index is 0.00000288. The molecule has 1 aliphatic heterocycles. The maximum absolute atomic E-state index is 12.8. The summed E-state index contributed by atoms with van der Waals surface area (Å²) in [6.07, 6.45) is 3.34. The largest absolute Gasteiger partial charge is 0.334 e. The summed E-state index contributed by atoms with van der Waals surface area (Å²) in [6.45, 7) is 7.45. The van der Waals surface area contributed by atoms with E-state index in [0.29, 0.717) is 19.1 Å². The Bertz CT molecular complexity index is 594. The molecule has 1 amide bonds. The summed E-state index contributed by atoms with van der Waals surface area (Å²) >= 11 is 0. The van der Waals surface area contributed by atoms with Gasteiger partial charge in [-0.2, -0.15) is 0 Å². The zero-order chi connectivity index (χ0) is 16.8. The Morgan fingerprint density at radius 3 is 2.92 bits per heavy atom. The average Bonchev–Trinajstić information content (AvgIpc) is 2.54. The number of non-ortho nitro benzene ring substituents is 1. The van der Waals surface area contributed by atoms with Gasteiger partial charge in [0.2, 0.25) is 5.91 Å². The molecule has 6 nitrogen and oxygen atoms in total. The lowest BCUT2D eigenvalue weighted by atomic mass is 9.92. The Kier molecular flexibility index (Phi) is 7.88. The van der Waals surface area contributed by atoms with Crippen LogP contribution in [0.1, 0.15) is 25.3 Å². The topological polar surface area (TPSA) is 75.5 Å². The van der Waals surface area contributed by atoms with Crippen molar-refractivity contribution in [3.05, 3.63) is 52.6 Å². The molecule has 24 heavy (non-hydrogen) atoms. The molecule has 0 radical (unpaired) electrons. The third kappa shape index (κ3) is 5.32. The van der Waals surface area contributed by atoms with E-state index in [2.05, 4.69) is 18.8 Å². The molecule has 0 saturated carbocycles. The van der Waals surface area contributed by atoms with E-state index >= 15 is 0 Å². The van der Waals surface area contributed by atoms with Crippen molar-refractivity contribution in [1.82, 2.24) is 10.2 Å². The lowest BCUT2D eigenvalue weighted by Crippen LogP contribution is -2.44. The molecule has 1 saturated heterocycles. The number of rotatable bonds is 6. The number of halogens is 1. The first-order valence-electron chi connectivity index (χ1n) is 7.87. The van der Waals surface area contributed by atoms with Crippen molar-refractivity contribution >= 4 is 24.0 Å². The Morgan fingerprint density at radius 2 is 2.29 bits per heavy atom. The summed E-state index contributed by atoms with van der Waals surface area (Å²) in [6, 6.07) is 6.77. The van der Waals surface area contributed by atoms with Gasteiger partial charge in [0, 0.05) is 37.2 Å². The molecule has 0 aromatic heterocycles. The van der Waals surface area contributed by atoms with Crippen molar-refractivity contribution in [2.75, 3.05) is 13.1 Å². The van der Waals surface area contributed by atoms with Gasteiger partial charge in [-0.3, -0.25) is 14.9 Å². The van der Waals surface area contributed by atoms with Crippen molar-refractivity contribution in [2.24, 2.45) is 5.92 Å². The molecule has 1 aliphatic rings. The van der Waals surface area contributed by atoms with Crippen molar-refractivity contribution in [2.45, 2.75) is 32.4 Å². The first kappa shape index (κ1) is 20.1.